The van der Waals surface area contributed by atoms with Crippen molar-refractivity contribution in [3.8, 4) is 0 Å². The van der Waals surface area contributed by atoms with Gasteiger partial charge < -0.3 is 4.74 Å². The Morgan fingerprint density at radius 2 is 0.909 bits per heavy atom. The lowest BCUT2D eigenvalue weighted by atomic mass is 10.9. The first-order valence-corrected chi connectivity index (χ1v) is 2.04. The van der Waals surface area contributed by atoms with Gasteiger partial charge in [-0.3, -0.25) is 0 Å². The third-order valence-corrected chi connectivity index (χ3v) is 0.476. The third-order valence-electron chi connectivity index (χ3n) is 0.476. The van der Waals surface area contributed by atoms with Crippen LogP contribution >= 0.6 is 0 Å². The second-order valence-corrected chi connectivity index (χ2v) is 1.17. The molecule has 1 nitrogen and oxygen atoms in total. The average Bonchev–Trinajstić information content (AvgIpc) is 1.87. The average molecular weight is 178 g/mol. The summed E-state index contributed by atoms with van der Waals surface area (Å²) in [6.45, 7) is 0. The van der Waals surface area contributed by atoms with Crippen LogP contribution in [-0.4, -0.2) is 0 Å². The van der Waals surface area contributed by atoms with Crippen LogP contribution in [0.2, 0.25) is 0 Å². The van der Waals surface area contributed by atoms with E-state index in [9.17, 15) is 26.3 Å². The molecule has 0 aliphatic heterocycles. The van der Waals surface area contributed by atoms with Gasteiger partial charge in [-0.05, 0) is 0 Å². The van der Waals surface area contributed by atoms with Gasteiger partial charge in [0.05, 0.1) is 0 Å². The Balaban J connectivity index is 4.30. The van der Waals surface area contributed by atoms with Crippen LogP contribution in [0.4, 0.5) is 26.3 Å². The molecular formula is C4F6O. The summed E-state index contributed by atoms with van der Waals surface area (Å²) in [5.74, 6) is 0. The van der Waals surface area contributed by atoms with E-state index in [0.29, 0.717) is 0 Å². The van der Waals surface area contributed by atoms with Gasteiger partial charge in [-0.25, -0.2) is 0 Å². The highest BCUT2D eigenvalue weighted by atomic mass is 19.3. The molecule has 0 saturated carbocycles. The Bertz CT molecular complexity index is 177. The van der Waals surface area contributed by atoms with Crippen molar-refractivity contribution < 1.29 is 31.1 Å². The molecule has 64 valence electrons. The number of hydrogen-bond acceptors (Lipinski definition) is 1. The molecule has 0 N–H and O–H groups in total. The molecule has 0 aliphatic carbocycles. The minimum atomic E-state index is -3.01. The van der Waals surface area contributed by atoms with Crippen LogP contribution in [0.3, 0.4) is 0 Å². The van der Waals surface area contributed by atoms with Crippen LogP contribution in [0.25, 0.3) is 0 Å². The van der Waals surface area contributed by atoms with Crippen LogP contribution < -0.4 is 0 Å². The smallest absolute Gasteiger partial charge is 0.346 e. The van der Waals surface area contributed by atoms with Crippen LogP contribution in [0.1, 0.15) is 0 Å². The molecule has 0 saturated heterocycles. The fourth-order valence-electron chi connectivity index (χ4n) is 0.156. The lowest BCUT2D eigenvalue weighted by Crippen LogP contribution is -1.85. The van der Waals surface area contributed by atoms with Gasteiger partial charge in [0.25, 0.3) is 0 Å². The molecule has 0 unspecified atom stereocenters. The topological polar surface area (TPSA) is 9.23 Å². The molecule has 7 heteroatoms. The summed E-state index contributed by atoms with van der Waals surface area (Å²) < 4.78 is 69.6. The standard InChI is InChI=1S/C4F6O/c5-1(6)3(9)11-4(10)2(7)8. The number of rotatable bonds is 2. The monoisotopic (exact) mass is 178 g/mol. The third kappa shape index (κ3) is 3.54. The van der Waals surface area contributed by atoms with E-state index >= 15 is 0 Å². The van der Waals surface area contributed by atoms with Crippen molar-refractivity contribution >= 4 is 0 Å². The van der Waals surface area contributed by atoms with Gasteiger partial charge in [-0.1, -0.05) is 0 Å². The van der Waals surface area contributed by atoms with Crippen molar-refractivity contribution in [3.05, 3.63) is 24.2 Å². The van der Waals surface area contributed by atoms with Crippen molar-refractivity contribution in [1.82, 2.24) is 0 Å². The normalized spacial score (nSPS) is 8.91. The molecule has 0 rings (SSSR count). The van der Waals surface area contributed by atoms with Gasteiger partial charge in [0.1, 0.15) is 0 Å². The van der Waals surface area contributed by atoms with E-state index in [-0.39, 0.29) is 0 Å². The molecule has 0 aliphatic rings. The van der Waals surface area contributed by atoms with Crippen LogP contribution in [0.15, 0.2) is 24.2 Å². The summed E-state index contributed by atoms with van der Waals surface area (Å²) in [7, 11) is 0. The molecule has 0 aromatic carbocycles. The Morgan fingerprint density at radius 3 is 1.09 bits per heavy atom. The predicted molar refractivity (Wildman–Crippen MR) is 21.8 cm³/mol. The highest BCUT2D eigenvalue weighted by Crippen LogP contribution is 2.19. The Hall–Kier alpha value is -1.14. The fraction of sp³-hybridized carbons (Fsp3) is 0. The summed E-state index contributed by atoms with van der Waals surface area (Å²) in [6.07, 6.45) is -6.03. The molecule has 0 spiro atoms. The maximum Gasteiger partial charge on any atom is 0.346 e. The molecular weight excluding hydrogens is 178 g/mol. The molecule has 0 fully saturated rings. The maximum absolute atomic E-state index is 11.4. The second-order valence-electron chi connectivity index (χ2n) is 1.17. The lowest BCUT2D eigenvalue weighted by molar-refractivity contribution is 0.109. The molecule has 0 atom stereocenters. The highest BCUT2D eigenvalue weighted by Gasteiger charge is 2.13. The molecule has 11 heavy (non-hydrogen) atoms. The van der Waals surface area contributed by atoms with Gasteiger partial charge in [0, 0.05) is 0 Å². The zero-order valence-corrected chi connectivity index (χ0v) is 4.68. The summed E-state index contributed by atoms with van der Waals surface area (Å²) in [4.78, 5) is 0. The first-order valence-electron chi connectivity index (χ1n) is 2.04. The van der Waals surface area contributed by atoms with Crippen molar-refractivity contribution in [1.29, 1.82) is 0 Å². The summed E-state index contributed by atoms with van der Waals surface area (Å²) in [5.41, 5.74) is 0. The van der Waals surface area contributed by atoms with Gasteiger partial charge in [0.15, 0.2) is 0 Å². The molecule has 0 aromatic heterocycles. The van der Waals surface area contributed by atoms with E-state index < -0.39 is 24.2 Å². The molecule has 0 bridgehead atoms. The second kappa shape index (κ2) is 3.89. The number of ether oxygens (including phenoxy) is 1. The quantitative estimate of drug-likeness (QED) is 0.466. The number of halogens is 6. The molecule has 0 radical (unpaired) electrons. The Morgan fingerprint density at radius 1 is 0.636 bits per heavy atom. The zero-order chi connectivity index (χ0) is 9.02. The molecule has 0 amide bonds. The predicted octanol–water partition coefficient (Wildman–Crippen LogP) is 3.07. The molecule has 0 aromatic rings. The van der Waals surface area contributed by atoms with Crippen LogP contribution in [-0.2, 0) is 4.74 Å². The Labute approximate surface area is 56.6 Å². The van der Waals surface area contributed by atoms with Gasteiger partial charge in [-0.15, -0.1) is 0 Å². The van der Waals surface area contributed by atoms with E-state index in [2.05, 4.69) is 4.74 Å². The summed E-state index contributed by atoms with van der Waals surface area (Å²) in [5, 5.41) is 0. The largest absolute Gasteiger partial charge is 0.396 e. The SMILES string of the molecule is FC(F)=C(F)OC(F)=C(F)F. The van der Waals surface area contributed by atoms with Gasteiger partial charge in [-0.2, -0.15) is 26.3 Å². The van der Waals surface area contributed by atoms with Crippen LogP contribution in [0.5, 0.6) is 0 Å². The van der Waals surface area contributed by atoms with E-state index in [4.69, 9.17) is 0 Å². The van der Waals surface area contributed by atoms with Crippen molar-refractivity contribution in [2.45, 2.75) is 0 Å². The van der Waals surface area contributed by atoms with E-state index in [0.717, 1.165) is 0 Å². The van der Waals surface area contributed by atoms with Gasteiger partial charge >= 0.3 is 24.2 Å². The summed E-state index contributed by atoms with van der Waals surface area (Å²) >= 11 is 0. The van der Waals surface area contributed by atoms with Crippen molar-refractivity contribution in [2.24, 2.45) is 0 Å². The van der Waals surface area contributed by atoms with Gasteiger partial charge in [0.2, 0.25) is 0 Å². The summed E-state index contributed by atoms with van der Waals surface area (Å²) in [6, 6.07) is -5.37. The number of hydrogen-bond donors (Lipinski definition) is 0. The van der Waals surface area contributed by atoms with E-state index in [1.807, 2.05) is 0 Å². The minimum absolute atomic E-state index is 2.68. The lowest BCUT2D eigenvalue weighted by Gasteiger charge is -1.94. The Kier molecular flexibility index (Phi) is 3.49. The van der Waals surface area contributed by atoms with E-state index in [1.54, 1.807) is 0 Å². The minimum Gasteiger partial charge on any atom is -0.396 e. The van der Waals surface area contributed by atoms with Crippen LogP contribution in [0, 0.1) is 0 Å². The van der Waals surface area contributed by atoms with Crippen molar-refractivity contribution in [3.63, 3.8) is 0 Å². The van der Waals surface area contributed by atoms with Crippen molar-refractivity contribution in [2.75, 3.05) is 0 Å². The first kappa shape index (κ1) is 9.86. The maximum atomic E-state index is 11.4. The molecule has 0 heterocycles. The highest BCUT2D eigenvalue weighted by molar-refractivity contribution is 4.90. The zero-order valence-electron chi connectivity index (χ0n) is 4.68. The first-order chi connectivity index (χ1) is 4.95. The van der Waals surface area contributed by atoms with E-state index in [1.165, 1.54) is 0 Å². The fourth-order valence-corrected chi connectivity index (χ4v) is 0.156.